The maximum atomic E-state index is 12.1. The zero-order valence-electron chi connectivity index (χ0n) is 10.6. The smallest absolute Gasteiger partial charge is 0.238 e. The molecule has 100 valence electrons. The number of carbonyl (C=O) groups excluding carboxylic acids is 2. The third-order valence-electron chi connectivity index (χ3n) is 2.32. The molecule has 0 saturated carbocycles. The number of nitrogens with one attached hydrogen (secondary N) is 1. The second-order valence-electron chi connectivity index (χ2n) is 4.98. The van der Waals surface area contributed by atoms with Gasteiger partial charge in [0.2, 0.25) is 5.91 Å². The highest BCUT2D eigenvalue weighted by Gasteiger charge is 2.30. The summed E-state index contributed by atoms with van der Waals surface area (Å²) in [4.78, 5) is 23.7. The van der Waals surface area contributed by atoms with E-state index >= 15 is 0 Å². The molecule has 0 radical (unpaired) electrons. The van der Waals surface area contributed by atoms with Gasteiger partial charge < -0.3 is 11.1 Å². The highest BCUT2D eigenvalue weighted by Crippen LogP contribution is 2.18. The maximum absolute atomic E-state index is 12.1. The van der Waals surface area contributed by atoms with E-state index in [9.17, 15) is 9.59 Å². The molecule has 0 aromatic rings. The summed E-state index contributed by atoms with van der Waals surface area (Å²) in [6, 6.07) is -1.21. The number of hydrogen-bond donors (Lipinski definition) is 4. The van der Waals surface area contributed by atoms with Gasteiger partial charge in [0, 0.05) is 11.2 Å². The van der Waals surface area contributed by atoms with Gasteiger partial charge in [-0.2, -0.15) is 25.3 Å². The molecule has 0 spiro atoms. The normalized spacial score (nSPS) is 15.2. The summed E-state index contributed by atoms with van der Waals surface area (Å²) >= 11 is 8.05. The molecule has 1 amide bonds. The Morgan fingerprint density at radius 3 is 2.18 bits per heavy atom. The van der Waals surface area contributed by atoms with Crippen molar-refractivity contribution in [2.75, 3.05) is 11.5 Å². The van der Waals surface area contributed by atoms with Gasteiger partial charge in [0.1, 0.15) is 0 Å². The summed E-state index contributed by atoms with van der Waals surface area (Å²) in [6.07, 6.45) is 0.504. The first-order valence-corrected chi connectivity index (χ1v) is 6.82. The summed E-state index contributed by atoms with van der Waals surface area (Å²) in [5, 5.41) is 2.66. The Morgan fingerprint density at radius 2 is 1.82 bits per heavy atom. The second kappa shape index (κ2) is 7.28. The Labute approximate surface area is 114 Å². The molecule has 0 aromatic carbocycles. The van der Waals surface area contributed by atoms with E-state index in [-0.39, 0.29) is 17.4 Å². The topological polar surface area (TPSA) is 72.2 Å². The van der Waals surface area contributed by atoms with Crippen molar-refractivity contribution in [2.24, 2.45) is 11.1 Å². The van der Waals surface area contributed by atoms with Gasteiger partial charge in [-0.3, -0.25) is 9.59 Å². The number of hydrogen-bond acceptors (Lipinski definition) is 5. The number of thiol groups is 2. The summed E-state index contributed by atoms with van der Waals surface area (Å²) in [7, 11) is 0. The fraction of sp³-hybridized carbons (Fsp3) is 0.818. The molecule has 4 nitrogen and oxygen atoms in total. The van der Waals surface area contributed by atoms with Crippen molar-refractivity contribution in [3.05, 3.63) is 0 Å². The number of Topliss-reactive ketones (excluding diaryl/α,β-unsaturated/α-hetero) is 1. The van der Waals surface area contributed by atoms with Crippen molar-refractivity contribution in [2.45, 2.75) is 39.3 Å². The van der Waals surface area contributed by atoms with Crippen LogP contribution >= 0.6 is 25.3 Å². The lowest BCUT2D eigenvalue weighted by atomic mass is 9.85. The van der Waals surface area contributed by atoms with E-state index in [1.54, 1.807) is 0 Å². The van der Waals surface area contributed by atoms with Crippen LogP contribution in [0.5, 0.6) is 0 Å². The van der Waals surface area contributed by atoms with Crippen molar-refractivity contribution < 1.29 is 9.59 Å². The van der Waals surface area contributed by atoms with Crippen molar-refractivity contribution in [3.8, 4) is 0 Å². The van der Waals surface area contributed by atoms with Crippen molar-refractivity contribution >= 4 is 36.9 Å². The molecule has 6 heteroatoms. The van der Waals surface area contributed by atoms with Crippen LogP contribution in [0.4, 0.5) is 0 Å². The molecule has 0 saturated heterocycles. The maximum Gasteiger partial charge on any atom is 0.238 e. The van der Waals surface area contributed by atoms with Crippen molar-refractivity contribution in [1.82, 2.24) is 5.32 Å². The summed E-state index contributed by atoms with van der Waals surface area (Å²) in [6.45, 7) is 5.47. The van der Waals surface area contributed by atoms with Crippen LogP contribution < -0.4 is 11.1 Å². The summed E-state index contributed by atoms with van der Waals surface area (Å²) < 4.78 is 0. The largest absolute Gasteiger partial charge is 0.345 e. The zero-order valence-corrected chi connectivity index (χ0v) is 12.4. The minimum absolute atomic E-state index is 0.00809. The van der Waals surface area contributed by atoms with E-state index in [0.29, 0.717) is 12.2 Å². The van der Waals surface area contributed by atoms with Crippen LogP contribution in [0.1, 0.15) is 27.2 Å². The molecule has 0 aliphatic rings. The van der Waals surface area contributed by atoms with Gasteiger partial charge in [-0.25, -0.2) is 0 Å². The number of carbonyl (C=O) groups is 2. The van der Waals surface area contributed by atoms with E-state index in [2.05, 4.69) is 30.6 Å². The molecule has 3 N–H and O–H groups in total. The molecule has 0 bridgehead atoms. The van der Waals surface area contributed by atoms with Crippen LogP contribution in [-0.4, -0.2) is 35.3 Å². The van der Waals surface area contributed by atoms with Crippen LogP contribution in [0, 0.1) is 5.41 Å². The Morgan fingerprint density at radius 1 is 1.29 bits per heavy atom. The first-order valence-electron chi connectivity index (χ1n) is 5.56. The molecule has 0 rings (SSSR count). The standard InChI is InChI=1S/C11H22N2O2S2/c1-11(2,3)9(14)8(4-5-16)13-10(15)7(12)6-17/h7-8,16-17H,4-6,12H2,1-3H3,(H,13,15)/t7-,8-/m0/s1. The van der Waals surface area contributed by atoms with Crippen LogP contribution in [0.15, 0.2) is 0 Å². The first kappa shape index (κ1) is 16.8. The third kappa shape index (κ3) is 5.79. The van der Waals surface area contributed by atoms with Gasteiger partial charge in [-0.05, 0) is 12.2 Å². The molecule has 2 atom stereocenters. The van der Waals surface area contributed by atoms with Gasteiger partial charge >= 0.3 is 0 Å². The highest BCUT2D eigenvalue weighted by molar-refractivity contribution is 7.80. The van der Waals surface area contributed by atoms with Crippen molar-refractivity contribution in [1.29, 1.82) is 0 Å². The molecule has 0 aliphatic carbocycles. The second-order valence-corrected chi connectivity index (χ2v) is 5.79. The Balaban J connectivity index is 4.65. The van der Waals surface area contributed by atoms with E-state index < -0.39 is 17.5 Å². The number of nitrogens with two attached hydrogens (primary N) is 1. The molecule has 17 heavy (non-hydrogen) atoms. The molecular formula is C11H22N2O2S2. The van der Waals surface area contributed by atoms with E-state index in [1.807, 2.05) is 20.8 Å². The van der Waals surface area contributed by atoms with Crippen LogP contribution in [-0.2, 0) is 9.59 Å². The molecule has 0 unspecified atom stereocenters. The molecule has 0 fully saturated rings. The van der Waals surface area contributed by atoms with E-state index in [1.165, 1.54) is 0 Å². The van der Waals surface area contributed by atoms with Crippen LogP contribution in [0.3, 0.4) is 0 Å². The predicted octanol–water partition coefficient (Wildman–Crippen LogP) is 0.663. The summed E-state index contributed by atoms with van der Waals surface area (Å²) in [5.41, 5.74) is 5.06. The minimum atomic E-state index is -0.687. The predicted molar refractivity (Wildman–Crippen MR) is 76.7 cm³/mol. The number of rotatable bonds is 6. The van der Waals surface area contributed by atoms with Crippen molar-refractivity contribution in [3.63, 3.8) is 0 Å². The lowest BCUT2D eigenvalue weighted by molar-refractivity contribution is -0.132. The summed E-state index contributed by atoms with van der Waals surface area (Å²) in [5.74, 6) is 0.432. The van der Waals surface area contributed by atoms with E-state index in [4.69, 9.17) is 5.73 Å². The fourth-order valence-corrected chi connectivity index (χ4v) is 1.71. The molecular weight excluding hydrogens is 256 g/mol. The lowest BCUT2D eigenvalue weighted by Gasteiger charge is -2.26. The molecule has 0 heterocycles. The van der Waals surface area contributed by atoms with Crippen LogP contribution in [0.25, 0.3) is 0 Å². The minimum Gasteiger partial charge on any atom is -0.345 e. The quantitative estimate of drug-likeness (QED) is 0.540. The first-order chi connectivity index (χ1) is 7.73. The van der Waals surface area contributed by atoms with Gasteiger partial charge in [-0.15, -0.1) is 0 Å². The van der Waals surface area contributed by atoms with Gasteiger partial charge in [0.15, 0.2) is 5.78 Å². The highest BCUT2D eigenvalue weighted by atomic mass is 32.1. The Bertz CT molecular complexity index is 277. The number of ketones is 1. The third-order valence-corrected chi connectivity index (χ3v) is 2.98. The number of amides is 1. The lowest BCUT2D eigenvalue weighted by Crippen LogP contribution is -2.51. The van der Waals surface area contributed by atoms with Gasteiger partial charge in [-0.1, -0.05) is 20.8 Å². The molecule has 0 aliphatic heterocycles. The average Bonchev–Trinajstić information content (AvgIpc) is 2.24. The monoisotopic (exact) mass is 278 g/mol. The molecule has 0 aromatic heterocycles. The Kier molecular flexibility index (Phi) is 7.20. The average molecular weight is 278 g/mol. The van der Waals surface area contributed by atoms with E-state index in [0.717, 1.165) is 0 Å². The Hall–Kier alpha value is -0.200. The van der Waals surface area contributed by atoms with Crippen LogP contribution in [0.2, 0.25) is 0 Å². The zero-order chi connectivity index (χ0) is 13.6. The fourth-order valence-electron chi connectivity index (χ4n) is 1.28. The van der Waals surface area contributed by atoms with Gasteiger partial charge in [0.05, 0.1) is 12.1 Å². The SMILES string of the molecule is CC(C)(C)C(=O)[C@H](CCS)NC(=O)[C@@H](N)CS. The van der Waals surface area contributed by atoms with Gasteiger partial charge in [0.25, 0.3) is 0 Å².